The number of aryl methyl sites for hydroxylation is 3. The van der Waals surface area contributed by atoms with Crippen LogP contribution >= 0.6 is 27.3 Å². The zero-order chi connectivity index (χ0) is 20.7. The number of rotatable bonds is 5. The van der Waals surface area contributed by atoms with E-state index in [1.165, 1.54) is 58.0 Å². The van der Waals surface area contributed by atoms with E-state index in [0.717, 1.165) is 19.6 Å². The normalized spacial score (nSPS) is 11.8. The van der Waals surface area contributed by atoms with Gasteiger partial charge in [-0.2, -0.15) is 0 Å². The van der Waals surface area contributed by atoms with Crippen molar-refractivity contribution in [2.75, 3.05) is 13.1 Å². The summed E-state index contributed by atoms with van der Waals surface area (Å²) in [5, 5.41) is 4.03. The van der Waals surface area contributed by atoms with Crippen molar-refractivity contribution in [2.24, 2.45) is 0 Å². The Morgan fingerprint density at radius 2 is 1.52 bits per heavy atom. The Bertz CT molecular complexity index is 1180. The molecular weight excluding hydrogens is 438 g/mol. The van der Waals surface area contributed by atoms with Crippen molar-refractivity contribution in [1.82, 2.24) is 4.90 Å². The van der Waals surface area contributed by atoms with Crippen LogP contribution in [0.25, 0.3) is 32.0 Å². The Kier molecular flexibility index (Phi) is 5.83. The molecule has 150 valence electrons. The molecule has 0 saturated carbocycles. The fourth-order valence-electron chi connectivity index (χ4n) is 4.39. The summed E-state index contributed by atoms with van der Waals surface area (Å²) in [6.45, 7) is 14.4. The highest BCUT2D eigenvalue weighted by Gasteiger charge is 2.21. The first-order chi connectivity index (χ1) is 13.9. The number of halogens is 1. The monoisotopic (exact) mass is 465 g/mol. The molecule has 4 aromatic rings. The summed E-state index contributed by atoms with van der Waals surface area (Å²) in [6.07, 6.45) is 0. The lowest BCUT2D eigenvalue weighted by Gasteiger charge is -2.17. The second-order valence-electron chi connectivity index (χ2n) is 7.93. The average Bonchev–Trinajstić information content (AvgIpc) is 3.02. The second kappa shape index (κ2) is 8.22. The summed E-state index contributed by atoms with van der Waals surface area (Å²) in [7, 11) is 0. The zero-order valence-corrected chi connectivity index (χ0v) is 20.3. The number of benzene rings is 3. The van der Waals surface area contributed by atoms with Gasteiger partial charge in [0.1, 0.15) is 0 Å². The summed E-state index contributed by atoms with van der Waals surface area (Å²) >= 11 is 5.92. The van der Waals surface area contributed by atoms with Gasteiger partial charge in [0, 0.05) is 21.3 Å². The van der Waals surface area contributed by atoms with Crippen LogP contribution in [0.2, 0.25) is 0 Å². The molecule has 0 aliphatic carbocycles. The summed E-state index contributed by atoms with van der Waals surface area (Å²) < 4.78 is 2.60. The van der Waals surface area contributed by atoms with Crippen molar-refractivity contribution in [3.8, 4) is 11.1 Å². The summed E-state index contributed by atoms with van der Waals surface area (Å²) in [5.74, 6) is 0. The standard InChI is InChI=1S/C26H28BrNS/c1-6-28(7-2)15-22-18(5)23-24(19-13-16(3)12-17(4)14-19)20-10-8-9-11-21(20)25(27)26(23)29-22/h8-14H,6-7,15H2,1-5H3. The van der Waals surface area contributed by atoms with Gasteiger partial charge in [-0.05, 0) is 77.3 Å². The summed E-state index contributed by atoms with van der Waals surface area (Å²) in [4.78, 5) is 3.98. The molecule has 1 nitrogen and oxygen atoms in total. The van der Waals surface area contributed by atoms with Gasteiger partial charge in [0.15, 0.2) is 0 Å². The third-order valence-corrected chi connectivity index (χ3v) is 8.28. The van der Waals surface area contributed by atoms with Gasteiger partial charge in [-0.25, -0.2) is 0 Å². The van der Waals surface area contributed by atoms with Gasteiger partial charge >= 0.3 is 0 Å². The van der Waals surface area contributed by atoms with Crippen molar-refractivity contribution in [1.29, 1.82) is 0 Å². The highest BCUT2D eigenvalue weighted by atomic mass is 79.9. The van der Waals surface area contributed by atoms with E-state index in [1.807, 2.05) is 11.3 Å². The van der Waals surface area contributed by atoms with Crippen LogP contribution < -0.4 is 0 Å². The highest BCUT2D eigenvalue weighted by molar-refractivity contribution is 9.11. The number of hydrogen-bond donors (Lipinski definition) is 0. The number of thiophene rings is 1. The highest BCUT2D eigenvalue weighted by Crippen LogP contribution is 2.47. The van der Waals surface area contributed by atoms with Gasteiger partial charge in [0.2, 0.25) is 0 Å². The van der Waals surface area contributed by atoms with Crippen molar-refractivity contribution >= 4 is 48.1 Å². The SMILES string of the molecule is CCN(CC)Cc1sc2c(Br)c3ccccc3c(-c3cc(C)cc(C)c3)c2c1C. The molecule has 0 amide bonds. The lowest BCUT2D eigenvalue weighted by molar-refractivity contribution is 0.298. The summed E-state index contributed by atoms with van der Waals surface area (Å²) in [5.41, 5.74) is 6.77. The molecule has 0 N–H and O–H groups in total. The molecule has 3 heteroatoms. The van der Waals surface area contributed by atoms with E-state index in [1.54, 1.807) is 0 Å². The number of hydrogen-bond acceptors (Lipinski definition) is 2. The average molecular weight is 466 g/mol. The van der Waals surface area contributed by atoms with E-state index in [9.17, 15) is 0 Å². The molecule has 3 aromatic carbocycles. The molecule has 0 saturated heterocycles. The largest absolute Gasteiger partial charge is 0.299 e. The molecule has 0 radical (unpaired) electrons. The fraction of sp³-hybridized carbons (Fsp3) is 0.308. The first kappa shape index (κ1) is 20.6. The van der Waals surface area contributed by atoms with E-state index in [2.05, 4.69) is 97.9 Å². The van der Waals surface area contributed by atoms with Crippen LogP contribution in [0.5, 0.6) is 0 Å². The minimum atomic E-state index is 1.02. The lowest BCUT2D eigenvalue weighted by atomic mass is 9.91. The molecule has 0 spiro atoms. The molecule has 1 heterocycles. The summed E-state index contributed by atoms with van der Waals surface area (Å²) in [6, 6.07) is 15.7. The Morgan fingerprint density at radius 1 is 0.897 bits per heavy atom. The van der Waals surface area contributed by atoms with E-state index in [4.69, 9.17) is 0 Å². The predicted octanol–water partition coefficient (Wildman–Crippen LogP) is 8.25. The van der Waals surface area contributed by atoms with Crippen LogP contribution in [0.15, 0.2) is 46.9 Å². The quantitative estimate of drug-likeness (QED) is 0.286. The van der Waals surface area contributed by atoms with Gasteiger partial charge in [-0.3, -0.25) is 4.90 Å². The van der Waals surface area contributed by atoms with Crippen molar-refractivity contribution < 1.29 is 0 Å². The maximum absolute atomic E-state index is 3.96. The Morgan fingerprint density at radius 3 is 2.14 bits per heavy atom. The van der Waals surface area contributed by atoms with Gasteiger partial charge in [0.25, 0.3) is 0 Å². The zero-order valence-electron chi connectivity index (χ0n) is 17.9. The molecule has 0 fully saturated rings. The molecule has 29 heavy (non-hydrogen) atoms. The topological polar surface area (TPSA) is 3.24 Å². The third kappa shape index (κ3) is 3.65. The second-order valence-corrected chi connectivity index (χ2v) is 9.82. The lowest BCUT2D eigenvalue weighted by Crippen LogP contribution is -2.21. The maximum Gasteiger partial charge on any atom is 0.0503 e. The first-order valence-corrected chi connectivity index (χ1v) is 12.0. The Balaban J connectivity index is 2.11. The number of nitrogens with zero attached hydrogens (tertiary/aromatic N) is 1. The van der Waals surface area contributed by atoms with Gasteiger partial charge in [-0.15, -0.1) is 11.3 Å². The van der Waals surface area contributed by atoms with E-state index >= 15 is 0 Å². The van der Waals surface area contributed by atoms with Crippen LogP contribution in [0.1, 0.15) is 35.4 Å². The molecule has 0 unspecified atom stereocenters. The molecule has 1 aromatic heterocycles. The van der Waals surface area contributed by atoms with E-state index < -0.39 is 0 Å². The molecule has 0 bridgehead atoms. The van der Waals surface area contributed by atoms with Gasteiger partial charge in [-0.1, -0.05) is 67.4 Å². The molecule has 0 aliphatic rings. The van der Waals surface area contributed by atoms with Gasteiger partial charge < -0.3 is 0 Å². The fourth-order valence-corrected chi connectivity index (χ4v) is 6.48. The van der Waals surface area contributed by atoms with Crippen LogP contribution in [-0.2, 0) is 6.54 Å². The van der Waals surface area contributed by atoms with Crippen LogP contribution in [-0.4, -0.2) is 18.0 Å². The van der Waals surface area contributed by atoms with E-state index in [0.29, 0.717) is 0 Å². The molecule has 0 atom stereocenters. The first-order valence-electron chi connectivity index (χ1n) is 10.4. The third-order valence-electron chi connectivity index (χ3n) is 5.90. The predicted molar refractivity (Wildman–Crippen MR) is 133 cm³/mol. The molecular formula is C26H28BrNS. The van der Waals surface area contributed by atoms with Crippen LogP contribution in [0, 0.1) is 20.8 Å². The Labute approximate surface area is 186 Å². The Hall–Kier alpha value is -1.68. The number of fused-ring (bicyclic) bond motifs is 2. The molecule has 0 aliphatic heterocycles. The minimum Gasteiger partial charge on any atom is -0.299 e. The van der Waals surface area contributed by atoms with E-state index in [-0.39, 0.29) is 0 Å². The maximum atomic E-state index is 3.96. The molecule has 4 rings (SSSR count). The van der Waals surface area contributed by atoms with Crippen LogP contribution in [0.4, 0.5) is 0 Å². The van der Waals surface area contributed by atoms with Gasteiger partial charge in [0.05, 0.1) is 4.70 Å². The smallest absolute Gasteiger partial charge is 0.0503 e. The van der Waals surface area contributed by atoms with Crippen molar-refractivity contribution in [3.63, 3.8) is 0 Å². The van der Waals surface area contributed by atoms with Crippen molar-refractivity contribution in [2.45, 2.75) is 41.2 Å². The van der Waals surface area contributed by atoms with Crippen molar-refractivity contribution in [3.05, 3.63) is 68.5 Å². The van der Waals surface area contributed by atoms with Crippen LogP contribution in [0.3, 0.4) is 0 Å². The minimum absolute atomic E-state index is 1.02.